The molecule has 0 radical (unpaired) electrons. The highest BCUT2D eigenvalue weighted by atomic mass is 19.4. The summed E-state index contributed by atoms with van der Waals surface area (Å²) in [4.78, 5) is 4.17. The molecule has 0 aliphatic rings. The lowest BCUT2D eigenvalue weighted by atomic mass is 10.1. The lowest BCUT2D eigenvalue weighted by Crippen LogP contribution is -2.04. The van der Waals surface area contributed by atoms with Gasteiger partial charge in [0.2, 0.25) is 0 Å². The van der Waals surface area contributed by atoms with Crippen LogP contribution < -0.4 is 5.73 Å². The minimum absolute atomic E-state index is 0.394. The zero-order chi connectivity index (χ0) is 14.3. The van der Waals surface area contributed by atoms with Crippen molar-refractivity contribution in [2.75, 3.05) is 5.73 Å². The number of alkyl halides is 3. The first-order valence-corrected chi connectivity index (χ1v) is 5.86. The van der Waals surface area contributed by atoms with Gasteiger partial charge < -0.3 is 5.73 Å². The van der Waals surface area contributed by atoms with Gasteiger partial charge in [-0.1, -0.05) is 12.1 Å². The van der Waals surface area contributed by atoms with E-state index in [4.69, 9.17) is 5.73 Å². The molecule has 3 nitrogen and oxygen atoms in total. The molecule has 2 N–H and O–H groups in total. The second kappa shape index (κ2) is 4.26. The Morgan fingerprint density at radius 2 is 1.90 bits per heavy atom. The Morgan fingerprint density at radius 3 is 2.65 bits per heavy atom. The average Bonchev–Trinajstić information content (AvgIpc) is 2.83. The van der Waals surface area contributed by atoms with E-state index in [-0.39, 0.29) is 0 Å². The fourth-order valence-corrected chi connectivity index (χ4v) is 2.09. The van der Waals surface area contributed by atoms with Crippen molar-refractivity contribution < 1.29 is 13.2 Å². The summed E-state index contributed by atoms with van der Waals surface area (Å²) < 4.78 is 39.9. The third-order valence-electron chi connectivity index (χ3n) is 3.05. The maximum absolute atomic E-state index is 12.7. The van der Waals surface area contributed by atoms with Crippen molar-refractivity contribution in [2.24, 2.45) is 0 Å². The van der Waals surface area contributed by atoms with Crippen LogP contribution in [0, 0.1) is 0 Å². The van der Waals surface area contributed by atoms with E-state index >= 15 is 0 Å². The minimum atomic E-state index is -4.37. The number of rotatable bonds is 1. The van der Waals surface area contributed by atoms with Gasteiger partial charge in [0.05, 0.1) is 23.0 Å². The Labute approximate surface area is 112 Å². The fraction of sp³-hybridized carbons (Fsp3) is 0.0714. The number of hydrogen-bond donors (Lipinski definition) is 1. The molecule has 0 aliphatic carbocycles. The molecule has 0 saturated carbocycles. The Balaban J connectivity index is 2.19. The van der Waals surface area contributed by atoms with Crippen molar-refractivity contribution in [3.63, 3.8) is 0 Å². The number of anilines is 1. The Kier molecular flexibility index (Phi) is 2.67. The van der Waals surface area contributed by atoms with Crippen molar-refractivity contribution in [3.05, 3.63) is 54.4 Å². The first-order valence-electron chi connectivity index (χ1n) is 5.86. The van der Waals surface area contributed by atoms with E-state index in [9.17, 15) is 13.2 Å². The average molecular weight is 277 g/mol. The molecular formula is C14H10F3N3. The van der Waals surface area contributed by atoms with E-state index in [2.05, 4.69) is 4.98 Å². The van der Waals surface area contributed by atoms with Gasteiger partial charge in [0.1, 0.15) is 5.82 Å². The fourth-order valence-electron chi connectivity index (χ4n) is 2.09. The maximum Gasteiger partial charge on any atom is 0.416 e. The van der Waals surface area contributed by atoms with Gasteiger partial charge in [0, 0.05) is 11.8 Å². The van der Waals surface area contributed by atoms with Crippen LogP contribution in [0.25, 0.3) is 16.9 Å². The molecule has 0 saturated heterocycles. The van der Waals surface area contributed by atoms with E-state index in [0.29, 0.717) is 22.6 Å². The number of hydrogen-bond acceptors (Lipinski definition) is 2. The van der Waals surface area contributed by atoms with Crippen molar-refractivity contribution in [2.45, 2.75) is 6.18 Å². The standard InChI is InChI=1S/C14H10F3N3/c15-14(16,17)10-4-1-3-9(7-10)13-19-8-12-11(18)5-2-6-20(12)13/h1-8H,18H2. The molecule has 0 bridgehead atoms. The summed E-state index contributed by atoms with van der Waals surface area (Å²) in [5.74, 6) is 0.429. The van der Waals surface area contributed by atoms with Crippen molar-refractivity contribution >= 4 is 11.2 Å². The predicted molar refractivity (Wildman–Crippen MR) is 70.0 cm³/mol. The third-order valence-corrected chi connectivity index (χ3v) is 3.05. The first kappa shape index (κ1) is 12.5. The number of nitrogens with two attached hydrogens (primary N) is 1. The van der Waals surface area contributed by atoms with Crippen LogP contribution in [-0.2, 0) is 6.18 Å². The molecule has 2 aromatic heterocycles. The molecule has 0 spiro atoms. The zero-order valence-electron chi connectivity index (χ0n) is 10.2. The summed E-state index contributed by atoms with van der Waals surface area (Å²) in [5, 5.41) is 0. The van der Waals surface area contributed by atoms with E-state index in [1.807, 2.05) is 0 Å². The summed E-state index contributed by atoms with van der Waals surface area (Å²) in [5.41, 5.74) is 6.69. The lowest BCUT2D eigenvalue weighted by molar-refractivity contribution is -0.137. The van der Waals surface area contributed by atoms with Crippen LogP contribution in [-0.4, -0.2) is 9.38 Å². The molecular weight excluding hydrogens is 267 g/mol. The lowest BCUT2D eigenvalue weighted by Gasteiger charge is -2.08. The molecule has 20 heavy (non-hydrogen) atoms. The van der Waals surface area contributed by atoms with Crippen molar-refractivity contribution in [1.29, 1.82) is 0 Å². The third kappa shape index (κ3) is 1.99. The van der Waals surface area contributed by atoms with Gasteiger partial charge >= 0.3 is 6.18 Å². The number of nitrogens with zero attached hydrogens (tertiary/aromatic N) is 2. The highest BCUT2D eigenvalue weighted by molar-refractivity contribution is 5.73. The SMILES string of the molecule is Nc1cccn2c(-c3cccc(C(F)(F)F)c3)ncc12. The van der Waals surface area contributed by atoms with Gasteiger partial charge in [-0.25, -0.2) is 4.98 Å². The van der Waals surface area contributed by atoms with Gasteiger partial charge in [-0.15, -0.1) is 0 Å². The maximum atomic E-state index is 12.7. The van der Waals surface area contributed by atoms with Gasteiger partial charge in [-0.05, 0) is 24.3 Å². The molecule has 0 amide bonds. The van der Waals surface area contributed by atoms with Crippen molar-refractivity contribution in [1.82, 2.24) is 9.38 Å². The second-order valence-electron chi connectivity index (χ2n) is 4.38. The Hall–Kier alpha value is -2.50. The minimum Gasteiger partial charge on any atom is -0.397 e. The zero-order valence-corrected chi connectivity index (χ0v) is 10.2. The van der Waals surface area contributed by atoms with E-state index in [0.717, 1.165) is 12.1 Å². The second-order valence-corrected chi connectivity index (χ2v) is 4.38. The largest absolute Gasteiger partial charge is 0.416 e. The number of pyridine rings is 1. The normalized spacial score (nSPS) is 11.9. The summed E-state index contributed by atoms with van der Waals surface area (Å²) in [6.07, 6.45) is -1.11. The molecule has 3 rings (SSSR count). The molecule has 102 valence electrons. The van der Waals surface area contributed by atoms with Crippen LogP contribution in [0.15, 0.2) is 48.8 Å². The van der Waals surface area contributed by atoms with Gasteiger partial charge in [-0.3, -0.25) is 4.40 Å². The number of imidazole rings is 1. The highest BCUT2D eigenvalue weighted by Crippen LogP contribution is 2.32. The molecule has 0 fully saturated rings. The monoisotopic (exact) mass is 277 g/mol. The van der Waals surface area contributed by atoms with Crippen molar-refractivity contribution in [3.8, 4) is 11.4 Å². The van der Waals surface area contributed by atoms with Crippen LogP contribution in [0.3, 0.4) is 0 Å². The van der Waals surface area contributed by atoms with Crippen LogP contribution >= 0.6 is 0 Å². The Morgan fingerprint density at radius 1 is 1.10 bits per heavy atom. The molecule has 3 aromatic rings. The van der Waals surface area contributed by atoms with E-state index in [1.165, 1.54) is 6.07 Å². The molecule has 2 heterocycles. The van der Waals surface area contributed by atoms with Crippen LogP contribution in [0.1, 0.15) is 5.56 Å². The van der Waals surface area contributed by atoms with Gasteiger partial charge in [-0.2, -0.15) is 13.2 Å². The number of benzene rings is 1. The highest BCUT2D eigenvalue weighted by Gasteiger charge is 2.30. The number of fused-ring (bicyclic) bond motifs is 1. The van der Waals surface area contributed by atoms with Crippen LogP contribution in [0.4, 0.5) is 18.9 Å². The van der Waals surface area contributed by atoms with Crippen LogP contribution in [0.5, 0.6) is 0 Å². The first-order chi connectivity index (χ1) is 9.47. The van der Waals surface area contributed by atoms with Gasteiger partial charge in [0.25, 0.3) is 0 Å². The molecule has 0 unspecified atom stereocenters. The molecule has 0 atom stereocenters. The molecule has 6 heteroatoms. The quantitative estimate of drug-likeness (QED) is 0.738. The summed E-state index contributed by atoms with van der Waals surface area (Å²) >= 11 is 0. The molecule has 0 aliphatic heterocycles. The number of nitrogen functional groups attached to an aromatic ring is 1. The Bertz CT molecular complexity index is 775. The van der Waals surface area contributed by atoms with E-state index in [1.54, 1.807) is 35.0 Å². The topological polar surface area (TPSA) is 43.3 Å². The predicted octanol–water partition coefficient (Wildman–Crippen LogP) is 3.60. The summed E-state index contributed by atoms with van der Waals surface area (Å²) in [6, 6.07) is 8.51. The number of aromatic nitrogens is 2. The summed E-state index contributed by atoms with van der Waals surface area (Å²) in [6.45, 7) is 0. The van der Waals surface area contributed by atoms with Crippen LogP contribution in [0.2, 0.25) is 0 Å². The smallest absolute Gasteiger partial charge is 0.397 e. The number of halogens is 3. The summed E-state index contributed by atoms with van der Waals surface area (Å²) in [7, 11) is 0. The van der Waals surface area contributed by atoms with Gasteiger partial charge in [0.15, 0.2) is 0 Å². The van der Waals surface area contributed by atoms with E-state index < -0.39 is 11.7 Å². The molecule has 1 aromatic carbocycles.